The Bertz CT molecular complexity index is 947. The lowest BCUT2D eigenvalue weighted by Crippen LogP contribution is -2.48. The summed E-state index contributed by atoms with van der Waals surface area (Å²) >= 11 is 0. The maximum absolute atomic E-state index is 12.1. The van der Waals surface area contributed by atoms with Gasteiger partial charge in [-0.1, -0.05) is 12.1 Å². The lowest BCUT2D eigenvalue weighted by molar-refractivity contribution is -0.123. The zero-order valence-corrected chi connectivity index (χ0v) is 18.8. The van der Waals surface area contributed by atoms with Gasteiger partial charge in [-0.15, -0.1) is 0 Å². The third kappa shape index (κ3) is 8.79. The number of ether oxygens (including phenoxy) is 2. The Balaban J connectivity index is 1.75. The summed E-state index contributed by atoms with van der Waals surface area (Å²) in [6.07, 6.45) is 0. The van der Waals surface area contributed by atoms with E-state index >= 15 is 0 Å². The molecule has 0 saturated carbocycles. The number of nitrogens with one attached hydrogen (secondary N) is 2. The van der Waals surface area contributed by atoms with Crippen molar-refractivity contribution in [1.82, 2.24) is 15.5 Å². The predicted molar refractivity (Wildman–Crippen MR) is 121 cm³/mol. The average molecular weight is 473 g/mol. The largest absolute Gasteiger partial charge is 0.484 e. The van der Waals surface area contributed by atoms with Crippen LogP contribution in [0.4, 0.5) is 0 Å². The van der Waals surface area contributed by atoms with Gasteiger partial charge in [-0.25, -0.2) is 9.59 Å². The fraction of sp³-hybridized carbons (Fsp3) is 0.304. The van der Waals surface area contributed by atoms with Crippen molar-refractivity contribution in [3.8, 4) is 11.5 Å². The number of nitrogens with zero attached hydrogens (tertiary/aromatic N) is 1. The predicted octanol–water partition coefficient (Wildman–Crippen LogP) is 0.703. The smallest absolute Gasteiger partial charge is 0.335 e. The van der Waals surface area contributed by atoms with E-state index in [0.717, 1.165) is 0 Å². The normalized spacial score (nSPS) is 10.6. The first-order chi connectivity index (χ1) is 16.2. The summed E-state index contributed by atoms with van der Waals surface area (Å²) in [5.74, 6) is -2.46. The van der Waals surface area contributed by atoms with Gasteiger partial charge in [0.1, 0.15) is 11.5 Å². The molecule has 0 fully saturated rings. The minimum Gasteiger partial charge on any atom is -0.484 e. The van der Waals surface area contributed by atoms with Gasteiger partial charge in [0.15, 0.2) is 13.2 Å². The first-order valence-corrected chi connectivity index (χ1v) is 10.3. The zero-order chi connectivity index (χ0) is 25.1. The Morgan fingerprint density at radius 3 is 1.56 bits per heavy atom. The van der Waals surface area contributed by atoms with Crippen LogP contribution in [0.1, 0.15) is 20.7 Å². The van der Waals surface area contributed by atoms with Crippen molar-refractivity contribution in [2.45, 2.75) is 6.04 Å². The van der Waals surface area contributed by atoms with Gasteiger partial charge in [-0.05, 0) is 50.5 Å². The lowest BCUT2D eigenvalue weighted by Gasteiger charge is -2.25. The van der Waals surface area contributed by atoms with Crippen molar-refractivity contribution in [2.75, 3.05) is 40.4 Å². The number of carboxylic acid groups (broad SMARTS) is 2. The van der Waals surface area contributed by atoms with Crippen LogP contribution in [0.25, 0.3) is 0 Å². The van der Waals surface area contributed by atoms with Gasteiger partial charge in [0.25, 0.3) is 11.8 Å². The molecule has 2 amide bonds. The SMILES string of the molecule is CN(C)C(CNC(=O)COc1cccc(C(=O)O)c1)CNC(=O)COc1cccc(C(=O)O)c1. The summed E-state index contributed by atoms with van der Waals surface area (Å²) in [5.41, 5.74) is 0.111. The highest BCUT2D eigenvalue weighted by molar-refractivity contribution is 5.88. The van der Waals surface area contributed by atoms with Gasteiger partial charge in [0.05, 0.1) is 11.1 Å². The molecule has 11 heteroatoms. The van der Waals surface area contributed by atoms with E-state index in [9.17, 15) is 19.2 Å². The average Bonchev–Trinajstić information content (AvgIpc) is 2.81. The van der Waals surface area contributed by atoms with Crippen LogP contribution in [0.2, 0.25) is 0 Å². The van der Waals surface area contributed by atoms with Crippen LogP contribution in [0.3, 0.4) is 0 Å². The van der Waals surface area contributed by atoms with E-state index in [1.165, 1.54) is 36.4 Å². The Hall–Kier alpha value is -4.12. The maximum atomic E-state index is 12.1. The highest BCUT2D eigenvalue weighted by Gasteiger charge is 2.15. The quantitative estimate of drug-likeness (QED) is 0.329. The van der Waals surface area contributed by atoms with Crippen molar-refractivity contribution < 1.29 is 38.9 Å². The summed E-state index contributed by atoms with van der Waals surface area (Å²) in [6.45, 7) is -0.129. The van der Waals surface area contributed by atoms with Crippen LogP contribution >= 0.6 is 0 Å². The second-order valence-electron chi connectivity index (χ2n) is 7.47. The molecular formula is C23H27N3O8. The number of carbonyl (C=O) groups is 4. The molecule has 0 aliphatic heterocycles. The Labute approximate surface area is 196 Å². The molecule has 2 rings (SSSR count). The number of rotatable bonds is 13. The van der Waals surface area contributed by atoms with Crippen molar-refractivity contribution >= 4 is 23.8 Å². The highest BCUT2D eigenvalue weighted by Crippen LogP contribution is 2.14. The van der Waals surface area contributed by atoms with Gasteiger partial charge >= 0.3 is 11.9 Å². The molecule has 0 aliphatic carbocycles. The third-order valence-electron chi connectivity index (χ3n) is 4.70. The number of carbonyl (C=O) groups excluding carboxylic acids is 2. The second kappa shape index (κ2) is 12.8. The second-order valence-corrected chi connectivity index (χ2v) is 7.47. The Kier molecular flexibility index (Phi) is 9.84. The Morgan fingerprint density at radius 2 is 1.21 bits per heavy atom. The molecule has 11 nitrogen and oxygen atoms in total. The van der Waals surface area contributed by atoms with Crippen LogP contribution in [-0.2, 0) is 9.59 Å². The fourth-order valence-electron chi connectivity index (χ4n) is 2.74. The molecule has 4 N–H and O–H groups in total. The van der Waals surface area contributed by atoms with Crippen molar-refractivity contribution in [3.63, 3.8) is 0 Å². The molecule has 0 radical (unpaired) electrons. The van der Waals surface area contributed by atoms with Crippen LogP contribution < -0.4 is 20.1 Å². The number of carboxylic acids is 2. The molecule has 34 heavy (non-hydrogen) atoms. The maximum Gasteiger partial charge on any atom is 0.335 e. The number of hydrogen-bond donors (Lipinski definition) is 4. The van der Waals surface area contributed by atoms with Gasteiger partial charge < -0.3 is 35.2 Å². The molecule has 0 heterocycles. The first kappa shape index (κ1) is 26.1. The topological polar surface area (TPSA) is 154 Å². The number of benzene rings is 2. The van der Waals surface area contributed by atoms with Crippen LogP contribution in [0.5, 0.6) is 11.5 Å². The van der Waals surface area contributed by atoms with Crippen LogP contribution in [0, 0.1) is 0 Å². The van der Waals surface area contributed by atoms with Crippen molar-refractivity contribution in [3.05, 3.63) is 59.7 Å². The van der Waals surface area contributed by atoms with E-state index in [0.29, 0.717) is 0 Å². The summed E-state index contributed by atoms with van der Waals surface area (Å²) in [7, 11) is 3.59. The van der Waals surface area contributed by atoms with Crippen LogP contribution in [-0.4, -0.2) is 85.3 Å². The molecule has 0 atom stereocenters. The van der Waals surface area contributed by atoms with E-state index in [2.05, 4.69) is 10.6 Å². The number of amides is 2. The monoisotopic (exact) mass is 473 g/mol. The molecule has 2 aromatic carbocycles. The fourth-order valence-corrected chi connectivity index (χ4v) is 2.74. The van der Waals surface area contributed by atoms with Gasteiger partial charge in [0, 0.05) is 19.1 Å². The van der Waals surface area contributed by atoms with E-state index in [1.54, 1.807) is 26.2 Å². The van der Waals surface area contributed by atoms with Crippen LogP contribution in [0.15, 0.2) is 48.5 Å². The van der Waals surface area contributed by atoms with Crippen molar-refractivity contribution in [2.24, 2.45) is 0 Å². The molecule has 182 valence electrons. The lowest BCUT2D eigenvalue weighted by atomic mass is 10.2. The van der Waals surface area contributed by atoms with Gasteiger partial charge in [0.2, 0.25) is 0 Å². The van der Waals surface area contributed by atoms with E-state index in [-0.39, 0.29) is 55.0 Å². The molecular weight excluding hydrogens is 446 g/mol. The third-order valence-corrected chi connectivity index (χ3v) is 4.70. The summed E-state index contributed by atoms with van der Waals surface area (Å²) in [5, 5.41) is 23.4. The van der Waals surface area contributed by atoms with Gasteiger partial charge in [-0.2, -0.15) is 0 Å². The minimum atomic E-state index is -1.09. The molecule has 0 aliphatic rings. The van der Waals surface area contributed by atoms with Crippen molar-refractivity contribution in [1.29, 1.82) is 0 Å². The summed E-state index contributed by atoms with van der Waals surface area (Å²) in [4.78, 5) is 48.0. The van der Waals surface area contributed by atoms with E-state index in [1.807, 2.05) is 4.90 Å². The zero-order valence-electron chi connectivity index (χ0n) is 18.8. The summed E-state index contributed by atoms with van der Waals surface area (Å²) < 4.78 is 10.7. The molecule has 0 saturated heterocycles. The Morgan fingerprint density at radius 1 is 0.794 bits per heavy atom. The molecule has 0 unspecified atom stereocenters. The number of aromatic carboxylic acids is 2. The van der Waals surface area contributed by atoms with Gasteiger partial charge in [-0.3, -0.25) is 9.59 Å². The molecule has 2 aromatic rings. The minimum absolute atomic E-state index is 0.0555. The highest BCUT2D eigenvalue weighted by atomic mass is 16.5. The van der Waals surface area contributed by atoms with E-state index in [4.69, 9.17) is 19.7 Å². The summed E-state index contributed by atoms with van der Waals surface area (Å²) in [6, 6.07) is 11.4. The number of likely N-dealkylation sites (N-methyl/N-ethyl adjacent to an activating group) is 1. The standard InChI is InChI=1S/C23H27N3O8/c1-26(2)17(11-24-20(27)13-33-18-7-3-5-15(9-18)22(29)30)12-25-21(28)14-34-19-8-4-6-16(10-19)23(31)32/h3-10,17H,11-14H2,1-2H3,(H,24,27)(H,25,28)(H,29,30)(H,31,32). The molecule has 0 bridgehead atoms. The number of hydrogen-bond acceptors (Lipinski definition) is 7. The first-order valence-electron chi connectivity index (χ1n) is 10.3. The van der Waals surface area contributed by atoms with E-state index < -0.39 is 23.8 Å². The molecule has 0 aromatic heterocycles. The molecule has 0 spiro atoms.